The molecule has 5 heteroatoms. The lowest BCUT2D eigenvalue weighted by Crippen LogP contribution is -2.45. The molecule has 0 fully saturated rings. The van der Waals surface area contributed by atoms with Gasteiger partial charge < -0.3 is 4.90 Å². The van der Waals surface area contributed by atoms with Gasteiger partial charge in [-0.25, -0.2) is 0 Å². The number of hydrogen-bond donors (Lipinski definition) is 0. The summed E-state index contributed by atoms with van der Waals surface area (Å²) in [5.74, 6) is -1.74. The highest BCUT2D eigenvalue weighted by molar-refractivity contribution is 5.82. The van der Waals surface area contributed by atoms with Gasteiger partial charge in [-0.15, -0.1) is 0 Å². The van der Waals surface area contributed by atoms with Crippen molar-refractivity contribution in [1.82, 2.24) is 4.90 Å². The van der Waals surface area contributed by atoms with Crippen LogP contribution in [0, 0.1) is 0 Å². The molecule has 0 aromatic carbocycles. The molecule has 0 aromatic heterocycles. The average molecular weight is 211 g/mol. The Morgan fingerprint density at radius 3 is 2.14 bits per heavy atom. The molecule has 0 saturated carbocycles. The van der Waals surface area contributed by atoms with E-state index in [1.165, 1.54) is 0 Å². The van der Waals surface area contributed by atoms with Gasteiger partial charge in [0.1, 0.15) is 0 Å². The quantitative estimate of drug-likeness (QED) is 0.699. The van der Waals surface area contributed by atoms with Crippen LogP contribution in [0.3, 0.4) is 0 Å². The van der Waals surface area contributed by atoms with Gasteiger partial charge in [-0.2, -0.15) is 13.2 Å². The predicted molar refractivity (Wildman–Crippen MR) is 47.8 cm³/mol. The molecule has 14 heavy (non-hydrogen) atoms. The van der Waals surface area contributed by atoms with Crippen LogP contribution in [0.2, 0.25) is 0 Å². The van der Waals surface area contributed by atoms with Crippen LogP contribution in [0.15, 0.2) is 0 Å². The lowest BCUT2D eigenvalue weighted by Gasteiger charge is -2.27. The van der Waals surface area contributed by atoms with Crippen LogP contribution in [-0.2, 0) is 4.79 Å². The van der Waals surface area contributed by atoms with E-state index < -0.39 is 18.1 Å². The summed E-state index contributed by atoms with van der Waals surface area (Å²) in [4.78, 5) is 11.8. The van der Waals surface area contributed by atoms with Crippen molar-refractivity contribution in [3.05, 3.63) is 0 Å². The molecule has 0 saturated heterocycles. The first-order valence-electron chi connectivity index (χ1n) is 4.68. The fourth-order valence-corrected chi connectivity index (χ4v) is 1.09. The fraction of sp³-hybridized carbons (Fsp3) is 0.889. The molecule has 1 amide bonds. The second kappa shape index (κ2) is 5.22. The van der Waals surface area contributed by atoms with Gasteiger partial charge in [0.15, 0.2) is 0 Å². The van der Waals surface area contributed by atoms with Gasteiger partial charge in [0.25, 0.3) is 0 Å². The first-order valence-corrected chi connectivity index (χ1v) is 4.68. The number of rotatable bonds is 4. The van der Waals surface area contributed by atoms with Gasteiger partial charge in [-0.3, -0.25) is 4.79 Å². The van der Waals surface area contributed by atoms with Gasteiger partial charge >= 0.3 is 12.1 Å². The lowest BCUT2D eigenvalue weighted by molar-refractivity contribution is -0.187. The van der Waals surface area contributed by atoms with Crippen LogP contribution >= 0.6 is 0 Å². The fourth-order valence-electron chi connectivity index (χ4n) is 1.09. The summed E-state index contributed by atoms with van der Waals surface area (Å²) in [7, 11) is 0. The molecule has 0 aliphatic carbocycles. The summed E-state index contributed by atoms with van der Waals surface area (Å²) in [5, 5.41) is 0. The molecule has 0 N–H and O–H groups in total. The summed E-state index contributed by atoms with van der Waals surface area (Å²) in [6, 6.07) is -0.407. The summed E-state index contributed by atoms with van der Waals surface area (Å²) in [5.41, 5.74) is 0. The molecule has 0 bridgehead atoms. The normalized spacial score (nSPS) is 11.9. The largest absolute Gasteiger partial charge is 0.471 e. The van der Waals surface area contributed by atoms with E-state index in [0.29, 0.717) is 6.42 Å². The Kier molecular flexibility index (Phi) is 4.94. The third-order valence-corrected chi connectivity index (χ3v) is 1.88. The van der Waals surface area contributed by atoms with Gasteiger partial charge in [-0.1, -0.05) is 13.3 Å². The van der Waals surface area contributed by atoms with Crippen LogP contribution < -0.4 is 0 Å². The molecule has 0 rings (SSSR count). The van der Waals surface area contributed by atoms with E-state index in [1.807, 2.05) is 6.92 Å². The molecule has 0 radical (unpaired) electrons. The minimum atomic E-state index is -4.75. The standard InChI is InChI=1S/C9H16F3NO/c1-4-5-6-13(7(2)3)8(14)9(10,11)12/h7H,4-6H2,1-3H3. The molecule has 84 valence electrons. The van der Waals surface area contributed by atoms with Crippen LogP contribution in [0.5, 0.6) is 0 Å². The molecule has 0 aliphatic heterocycles. The number of amides is 1. The van der Waals surface area contributed by atoms with Crippen molar-refractivity contribution in [2.45, 2.75) is 45.8 Å². The summed E-state index contributed by atoms with van der Waals surface area (Å²) in [6.45, 7) is 5.21. The van der Waals surface area contributed by atoms with Gasteiger partial charge in [-0.05, 0) is 20.3 Å². The van der Waals surface area contributed by atoms with Crippen molar-refractivity contribution in [3.8, 4) is 0 Å². The number of halogens is 3. The maximum atomic E-state index is 12.1. The van der Waals surface area contributed by atoms with Crippen molar-refractivity contribution in [2.75, 3.05) is 6.54 Å². The number of carbonyl (C=O) groups excluding carboxylic acids is 1. The van der Waals surface area contributed by atoms with E-state index in [4.69, 9.17) is 0 Å². The molecule has 0 heterocycles. The number of alkyl halides is 3. The molecule has 0 atom stereocenters. The second-order valence-corrected chi connectivity index (χ2v) is 3.44. The Morgan fingerprint density at radius 2 is 1.86 bits per heavy atom. The minimum Gasteiger partial charge on any atom is -0.332 e. The number of hydrogen-bond acceptors (Lipinski definition) is 1. The smallest absolute Gasteiger partial charge is 0.332 e. The Labute approximate surface area is 82.1 Å². The van der Waals surface area contributed by atoms with E-state index in [1.54, 1.807) is 13.8 Å². The van der Waals surface area contributed by atoms with Crippen molar-refractivity contribution in [2.24, 2.45) is 0 Å². The summed E-state index contributed by atoms with van der Waals surface area (Å²) >= 11 is 0. The van der Waals surface area contributed by atoms with Crippen molar-refractivity contribution in [1.29, 1.82) is 0 Å². The number of carbonyl (C=O) groups is 1. The van der Waals surface area contributed by atoms with Crippen LogP contribution in [0.25, 0.3) is 0 Å². The predicted octanol–water partition coefficient (Wildman–Crippen LogP) is 2.59. The molecule has 2 nitrogen and oxygen atoms in total. The van der Waals surface area contributed by atoms with Crippen molar-refractivity contribution >= 4 is 5.91 Å². The number of unbranched alkanes of at least 4 members (excludes halogenated alkanes) is 1. The first-order chi connectivity index (χ1) is 6.30. The number of nitrogens with zero attached hydrogens (tertiary/aromatic N) is 1. The van der Waals surface area contributed by atoms with Crippen LogP contribution in [0.1, 0.15) is 33.6 Å². The molecular formula is C9H16F3NO. The van der Waals surface area contributed by atoms with Crippen molar-refractivity contribution < 1.29 is 18.0 Å². The van der Waals surface area contributed by atoms with E-state index in [0.717, 1.165) is 11.3 Å². The highest BCUT2D eigenvalue weighted by Gasteiger charge is 2.42. The maximum Gasteiger partial charge on any atom is 0.471 e. The Morgan fingerprint density at radius 1 is 1.36 bits per heavy atom. The highest BCUT2D eigenvalue weighted by atomic mass is 19.4. The first kappa shape index (κ1) is 13.3. The van der Waals surface area contributed by atoms with E-state index in [9.17, 15) is 18.0 Å². The Balaban J connectivity index is 4.42. The summed E-state index contributed by atoms with van der Waals surface area (Å²) in [6.07, 6.45) is -3.38. The van der Waals surface area contributed by atoms with Gasteiger partial charge in [0.05, 0.1) is 0 Å². The van der Waals surface area contributed by atoms with Crippen LogP contribution in [-0.4, -0.2) is 29.6 Å². The molecule has 0 aliphatic rings. The zero-order valence-electron chi connectivity index (χ0n) is 8.69. The zero-order chi connectivity index (χ0) is 11.4. The van der Waals surface area contributed by atoms with Crippen molar-refractivity contribution in [3.63, 3.8) is 0 Å². The third kappa shape index (κ3) is 3.98. The van der Waals surface area contributed by atoms with E-state index >= 15 is 0 Å². The minimum absolute atomic E-state index is 0.173. The molecule has 0 aromatic rings. The highest BCUT2D eigenvalue weighted by Crippen LogP contribution is 2.20. The monoisotopic (exact) mass is 211 g/mol. The SMILES string of the molecule is CCCCN(C(=O)C(F)(F)F)C(C)C. The zero-order valence-corrected chi connectivity index (χ0v) is 8.69. The van der Waals surface area contributed by atoms with E-state index in [-0.39, 0.29) is 6.54 Å². The molecule has 0 spiro atoms. The molecule has 0 unspecified atom stereocenters. The van der Waals surface area contributed by atoms with E-state index in [2.05, 4.69) is 0 Å². The third-order valence-electron chi connectivity index (χ3n) is 1.88. The molecular weight excluding hydrogens is 195 g/mol. The Bertz CT molecular complexity index is 189. The second-order valence-electron chi connectivity index (χ2n) is 3.44. The Hall–Kier alpha value is -0.740. The van der Waals surface area contributed by atoms with Gasteiger partial charge in [0.2, 0.25) is 0 Å². The maximum absolute atomic E-state index is 12.1. The summed E-state index contributed by atoms with van der Waals surface area (Å²) < 4.78 is 36.3. The topological polar surface area (TPSA) is 20.3 Å². The van der Waals surface area contributed by atoms with Crippen LogP contribution in [0.4, 0.5) is 13.2 Å². The average Bonchev–Trinajstić information content (AvgIpc) is 2.02. The van der Waals surface area contributed by atoms with Gasteiger partial charge in [0, 0.05) is 12.6 Å². The lowest BCUT2D eigenvalue weighted by atomic mass is 10.2.